The van der Waals surface area contributed by atoms with Gasteiger partial charge in [-0.15, -0.1) is 0 Å². The first kappa shape index (κ1) is 14.7. The second kappa shape index (κ2) is 6.53. The molecule has 0 bridgehead atoms. The van der Waals surface area contributed by atoms with Crippen molar-refractivity contribution in [1.29, 1.82) is 5.26 Å². The van der Waals surface area contributed by atoms with E-state index in [1.807, 2.05) is 36.4 Å². The summed E-state index contributed by atoms with van der Waals surface area (Å²) in [5.41, 5.74) is 1.00. The smallest absolute Gasteiger partial charge is 0.212 e. The van der Waals surface area contributed by atoms with Gasteiger partial charge < -0.3 is 0 Å². The van der Waals surface area contributed by atoms with Gasteiger partial charge in [-0.2, -0.15) is 5.26 Å². The lowest BCUT2D eigenvalue weighted by Crippen LogP contribution is -2.33. The maximum Gasteiger partial charge on any atom is 0.214 e. The van der Waals surface area contributed by atoms with Crippen molar-refractivity contribution in [3.05, 3.63) is 35.9 Å². The predicted molar refractivity (Wildman–Crippen MR) is 71.3 cm³/mol. The van der Waals surface area contributed by atoms with Gasteiger partial charge in [-0.3, -0.25) is 0 Å². The highest BCUT2D eigenvalue weighted by atomic mass is 32.2. The lowest BCUT2D eigenvalue weighted by atomic mass is 10.2. The summed E-state index contributed by atoms with van der Waals surface area (Å²) in [4.78, 5) is 0. The first-order valence-electron chi connectivity index (χ1n) is 5.83. The Hall–Kier alpha value is -1.38. The molecule has 0 saturated heterocycles. The summed E-state index contributed by atoms with van der Waals surface area (Å²) >= 11 is 0. The number of aryl methyl sites for hydroxylation is 1. The number of nitrogens with zero attached hydrogens (tertiary/aromatic N) is 2. The number of nitriles is 1. The van der Waals surface area contributed by atoms with E-state index in [1.54, 1.807) is 6.92 Å². The second-order valence-electron chi connectivity index (χ2n) is 4.36. The largest absolute Gasteiger partial charge is 0.214 e. The summed E-state index contributed by atoms with van der Waals surface area (Å²) in [6.45, 7) is 1.96. The number of hydrogen-bond donors (Lipinski definition) is 0. The third-order valence-corrected chi connectivity index (χ3v) is 4.54. The van der Waals surface area contributed by atoms with Gasteiger partial charge in [0.25, 0.3) is 0 Å². The SMILES string of the molecule is CC(C#N)CN(C)S(=O)(=O)CCc1ccccc1. The Balaban J connectivity index is 2.57. The third-order valence-electron chi connectivity index (χ3n) is 2.72. The van der Waals surface area contributed by atoms with Gasteiger partial charge in [0.1, 0.15) is 0 Å². The van der Waals surface area contributed by atoms with Crippen LogP contribution in [-0.4, -0.2) is 32.1 Å². The summed E-state index contributed by atoms with van der Waals surface area (Å²) in [5.74, 6) is -0.215. The molecule has 0 aliphatic rings. The van der Waals surface area contributed by atoms with E-state index in [1.165, 1.54) is 11.4 Å². The maximum absolute atomic E-state index is 12.0. The van der Waals surface area contributed by atoms with Crippen LogP contribution in [0, 0.1) is 17.2 Å². The van der Waals surface area contributed by atoms with Crippen LogP contribution >= 0.6 is 0 Å². The van der Waals surface area contributed by atoms with Crippen LogP contribution in [0.4, 0.5) is 0 Å². The molecule has 0 aliphatic carbocycles. The molecule has 1 aromatic carbocycles. The zero-order chi connectivity index (χ0) is 13.6. The topological polar surface area (TPSA) is 61.2 Å². The molecular formula is C13H18N2O2S. The van der Waals surface area contributed by atoms with Crippen LogP contribution in [0.2, 0.25) is 0 Å². The van der Waals surface area contributed by atoms with Crippen molar-refractivity contribution in [2.24, 2.45) is 5.92 Å². The van der Waals surface area contributed by atoms with Crippen LogP contribution in [0.3, 0.4) is 0 Å². The van der Waals surface area contributed by atoms with E-state index in [0.717, 1.165) is 5.56 Å². The summed E-state index contributed by atoms with van der Waals surface area (Å²) in [6.07, 6.45) is 0.494. The average Bonchev–Trinajstić information content (AvgIpc) is 2.37. The predicted octanol–water partition coefficient (Wildman–Crippen LogP) is 1.65. The van der Waals surface area contributed by atoms with Crippen molar-refractivity contribution in [3.63, 3.8) is 0 Å². The van der Waals surface area contributed by atoms with E-state index in [4.69, 9.17) is 5.26 Å². The van der Waals surface area contributed by atoms with Crippen LogP contribution in [-0.2, 0) is 16.4 Å². The van der Waals surface area contributed by atoms with E-state index in [2.05, 4.69) is 0 Å². The number of benzene rings is 1. The van der Waals surface area contributed by atoms with Gasteiger partial charge in [0.05, 0.1) is 17.7 Å². The normalized spacial score (nSPS) is 13.2. The molecule has 0 heterocycles. The molecule has 0 spiro atoms. The molecule has 1 unspecified atom stereocenters. The monoisotopic (exact) mass is 266 g/mol. The van der Waals surface area contributed by atoms with Crippen LogP contribution in [0.15, 0.2) is 30.3 Å². The van der Waals surface area contributed by atoms with Gasteiger partial charge in [-0.05, 0) is 18.9 Å². The molecule has 1 atom stereocenters. The second-order valence-corrected chi connectivity index (χ2v) is 6.56. The Kier molecular flexibility index (Phi) is 5.32. The average molecular weight is 266 g/mol. The maximum atomic E-state index is 12.0. The molecule has 4 nitrogen and oxygen atoms in total. The molecule has 0 saturated carbocycles. The van der Waals surface area contributed by atoms with Crippen molar-refractivity contribution in [2.45, 2.75) is 13.3 Å². The van der Waals surface area contributed by atoms with E-state index in [0.29, 0.717) is 6.42 Å². The first-order chi connectivity index (χ1) is 8.45. The van der Waals surface area contributed by atoms with Crippen LogP contribution in [0.1, 0.15) is 12.5 Å². The van der Waals surface area contributed by atoms with Crippen molar-refractivity contribution in [1.82, 2.24) is 4.31 Å². The molecule has 1 rings (SSSR count). The van der Waals surface area contributed by atoms with Gasteiger partial charge in [0, 0.05) is 13.6 Å². The Morgan fingerprint density at radius 2 is 1.94 bits per heavy atom. The highest BCUT2D eigenvalue weighted by molar-refractivity contribution is 7.89. The Morgan fingerprint density at radius 1 is 1.33 bits per heavy atom. The minimum absolute atomic E-state index is 0.0751. The van der Waals surface area contributed by atoms with Crippen LogP contribution in [0.25, 0.3) is 0 Å². The Bertz CT molecular complexity index is 506. The minimum Gasteiger partial charge on any atom is -0.212 e. The lowest BCUT2D eigenvalue weighted by molar-refractivity contribution is 0.439. The van der Waals surface area contributed by atoms with Crippen molar-refractivity contribution >= 4 is 10.0 Å². The van der Waals surface area contributed by atoms with E-state index < -0.39 is 10.0 Å². The van der Waals surface area contributed by atoms with Gasteiger partial charge in [-0.25, -0.2) is 12.7 Å². The lowest BCUT2D eigenvalue weighted by Gasteiger charge is -2.18. The molecule has 1 aromatic rings. The molecule has 98 valence electrons. The fourth-order valence-corrected chi connectivity index (χ4v) is 2.84. The molecule has 5 heteroatoms. The molecule has 0 aromatic heterocycles. The molecule has 0 N–H and O–H groups in total. The summed E-state index contributed by atoms with van der Waals surface area (Å²) in [6, 6.07) is 11.5. The van der Waals surface area contributed by atoms with Crippen LogP contribution < -0.4 is 0 Å². The Morgan fingerprint density at radius 3 is 2.50 bits per heavy atom. The minimum atomic E-state index is -3.28. The number of hydrogen-bond acceptors (Lipinski definition) is 3. The first-order valence-corrected chi connectivity index (χ1v) is 7.44. The fourth-order valence-electron chi connectivity index (χ4n) is 1.59. The van der Waals surface area contributed by atoms with Gasteiger partial charge in [0.2, 0.25) is 10.0 Å². The van der Waals surface area contributed by atoms with Crippen molar-refractivity contribution < 1.29 is 8.42 Å². The van der Waals surface area contributed by atoms with E-state index >= 15 is 0 Å². The highest BCUT2D eigenvalue weighted by Crippen LogP contribution is 2.07. The number of sulfonamides is 1. The number of rotatable bonds is 6. The van der Waals surface area contributed by atoms with Crippen LogP contribution in [0.5, 0.6) is 0 Å². The molecule has 0 aliphatic heterocycles. The van der Waals surface area contributed by atoms with Gasteiger partial charge in [0.15, 0.2) is 0 Å². The fraction of sp³-hybridized carbons (Fsp3) is 0.462. The third kappa shape index (κ3) is 4.47. The van der Waals surface area contributed by atoms with Crippen molar-refractivity contribution in [2.75, 3.05) is 19.3 Å². The van der Waals surface area contributed by atoms with Gasteiger partial charge >= 0.3 is 0 Å². The summed E-state index contributed by atoms with van der Waals surface area (Å²) < 4.78 is 25.2. The van der Waals surface area contributed by atoms with Gasteiger partial charge in [-0.1, -0.05) is 30.3 Å². The summed E-state index contributed by atoms with van der Waals surface area (Å²) in [7, 11) is -1.76. The molecular weight excluding hydrogens is 248 g/mol. The standard InChI is InChI=1S/C13H18N2O2S/c1-12(10-14)11-15(2)18(16,17)9-8-13-6-4-3-5-7-13/h3-7,12H,8-9,11H2,1-2H3. The quantitative estimate of drug-likeness (QED) is 0.786. The zero-order valence-corrected chi connectivity index (χ0v) is 11.5. The molecule has 18 heavy (non-hydrogen) atoms. The highest BCUT2D eigenvalue weighted by Gasteiger charge is 2.19. The van der Waals surface area contributed by atoms with E-state index in [9.17, 15) is 8.42 Å². The zero-order valence-electron chi connectivity index (χ0n) is 10.7. The van der Waals surface area contributed by atoms with E-state index in [-0.39, 0.29) is 18.2 Å². The molecule has 0 amide bonds. The van der Waals surface area contributed by atoms with Crippen molar-refractivity contribution in [3.8, 4) is 6.07 Å². The molecule has 0 radical (unpaired) electrons. The molecule has 0 fully saturated rings. The Labute approximate surface area is 109 Å². The summed E-state index contributed by atoms with van der Waals surface area (Å²) in [5, 5.41) is 8.69.